The average Bonchev–Trinajstić information content (AvgIpc) is 3.07. The minimum absolute atomic E-state index is 0.107. The lowest BCUT2D eigenvalue weighted by molar-refractivity contribution is -0.123. The first-order valence-corrected chi connectivity index (χ1v) is 10.5. The van der Waals surface area contributed by atoms with Crippen molar-refractivity contribution in [3.05, 3.63) is 23.9 Å². The largest absolute Gasteiger partial charge is 0.477 e. The van der Waals surface area contributed by atoms with E-state index in [1.54, 1.807) is 18.3 Å². The Hall–Kier alpha value is -2.19. The minimum Gasteiger partial charge on any atom is -0.477 e. The molecule has 2 fully saturated rings. The number of hydrogen-bond donors (Lipinski definition) is 2. The highest BCUT2D eigenvalue weighted by Gasteiger charge is 2.32. The summed E-state index contributed by atoms with van der Waals surface area (Å²) in [6.45, 7) is 4.30. The van der Waals surface area contributed by atoms with Gasteiger partial charge in [-0.05, 0) is 51.8 Å². The maximum absolute atomic E-state index is 12.6. The van der Waals surface area contributed by atoms with Crippen LogP contribution in [0.5, 0.6) is 5.88 Å². The first-order valence-electron chi connectivity index (χ1n) is 10.5. The summed E-state index contributed by atoms with van der Waals surface area (Å²) in [5.41, 5.74) is 0.447. The number of nitrogens with zero attached hydrogens (tertiary/aromatic N) is 2. The van der Waals surface area contributed by atoms with Crippen LogP contribution in [0.4, 0.5) is 0 Å². The standard InChI is InChI=1S/C21H32N4O4/c1-3-29-21-18(5-4-10-22-21)20(27)23-14-17-7-6-16(25(17)2)13-19(26)24-15-8-11-28-12-9-15/h4-5,10,15-17H,3,6-9,11-14H2,1-2H3,(H,23,27)(H,24,26)/t16-,17+/m1/s1. The third kappa shape index (κ3) is 5.90. The number of pyridine rings is 1. The molecule has 0 unspecified atom stereocenters. The van der Waals surface area contributed by atoms with Gasteiger partial charge in [-0.15, -0.1) is 0 Å². The highest BCUT2D eigenvalue weighted by Crippen LogP contribution is 2.24. The van der Waals surface area contributed by atoms with Crippen LogP contribution in [-0.4, -0.2) is 73.2 Å². The van der Waals surface area contributed by atoms with Gasteiger partial charge in [0.15, 0.2) is 0 Å². The van der Waals surface area contributed by atoms with Gasteiger partial charge in [-0.1, -0.05) is 0 Å². The SMILES string of the molecule is CCOc1ncccc1C(=O)NC[C@@H]1CC[C@H](CC(=O)NC2CCOCC2)N1C. The Labute approximate surface area is 172 Å². The van der Waals surface area contributed by atoms with Gasteiger partial charge in [0, 0.05) is 50.5 Å². The topological polar surface area (TPSA) is 92.8 Å². The molecule has 0 spiro atoms. The number of nitrogens with one attached hydrogen (secondary N) is 2. The lowest BCUT2D eigenvalue weighted by Crippen LogP contribution is -2.44. The number of rotatable bonds is 8. The summed E-state index contributed by atoms with van der Waals surface area (Å²) in [7, 11) is 2.03. The molecule has 8 heteroatoms. The van der Waals surface area contributed by atoms with Crippen LogP contribution in [0.15, 0.2) is 18.3 Å². The van der Waals surface area contributed by atoms with Crippen LogP contribution >= 0.6 is 0 Å². The maximum atomic E-state index is 12.6. The molecule has 1 aromatic rings. The van der Waals surface area contributed by atoms with E-state index in [1.807, 2.05) is 14.0 Å². The quantitative estimate of drug-likeness (QED) is 0.680. The molecule has 160 valence electrons. The molecule has 0 aromatic carbocycles. The van der Waals surface area contributed by atoms with Crippen molar-refractivity contribution in [2.75, 3.05) is 33.4 Å². The van der Waals surface area contributed by atoms with E-state index in [1.165, 1.54) is 0 Å². The Balaban J connectivity index is 1.45. The Bertz CT molecular complexity index is 693. The molecule has 0 radical (unpaired) electrons. The molecule has 3 rings (SSSR count). The fraction of sp³-hybridized carbons (Fsp3) is 0.667. The van der Waals surface area contributed by atoms with Crippen molar-refractivity contribution >= 4 is 11.8 Å². The van der Waals surface area contributed by atoms with Crippen LogP contribution in [0.1, 0.15) is 49.4 Å². The van der Waals surface area contributed by atoms with Crippen molar-refractivity contribution in [3.8, 4) is 5.88 Å². The zero-order valence-electron chi connectivity index (χ0n) is 17.4. The van der Waals surface area contributed by atoms with Crippen LogP contribution in [0, 0.1) is 0 Å². The Morgan fingerprint density at radius 3 is 2.76 bits per heavy atom. The molecule has 2 aliphatic heterocycles. The van der Waals surface area contributed by atoms with Crippen LogP contribution in [-0.2, 0) is 9.53 Å². The molecule has 2 atom stereocenters. The van der Waals surface area contributed by atoms with E-state index in [-0.39, 0.29) is 29.9 Å². The predicted octanol–water partition coefficient (Wildman–Crippen LogP) is 1.36. The number of hydrogen-bond acceptors (Lipinski definition) is 6. The molecular weight excluding hydrogens is 372 g/mol. The summed E-state index contributed by atoms with van der Waals surface area (Å²) in [6.07, 6.45) is 5.79. The van der Waals surface area contributed by atoms with Crippen molar-refractivity contribution in [2.45, 2.75) is 57.2 Å². The fourth-order valence-corrected chi connectivity index (χ4v) is 4.05. The first kappa shape index (κ1) is 21.5. The van der Waals surface area contributed by atoms with E-state index in [4.69, 9.17) is 9.47 Å². The molecule has 2 N–H and O–H groups in total. The second-order valence-corrected chi connectivity index (χ2v) is 7.71. The van der Waals surface area contributed by atoms with E-state index in [0.717, 1.165) is 38.9 Å². The third-order valence-electron chi connectivity index (χ3n) is 5.79. The van der Waals surface area contributed by atoms with E-state index in [0.29, 0.717) is 31.0 Å². The Morgan fingerprint density at radius 2 is 2.00 bits per heavy atom. The molecule has 0 aliphatic carbocycles. The normalized spacial score (nSPS) is 23.0. The molecule has 1 aromatic heterocycles. The summed E-state index contributed by atoms with van der Waals surface area (Å²) >= 11 is 0. The van der Waals surface area contributed by atoms with Gasteiger partial charge in [0.05, 0.1) is 6.61 Å². The highest BCUT2D eigenvalue weighted by atomic mass is 16.5. The van der Waals surface area contributed by atoms with Gasteiger partial charge in [-0.3, -0.25) is 14.5 Å². The van der Waals surface area contributed by atoms with Crippen LogP contribution < -0.4 is 15.4 Å². The second kappa shape index (κ2) is 10.5. The van der Waals surface area contributed by atoms with Crippen LogP contribution in [0.3, 0.4) is 0 Å². The lowest BCUT2D eigenvalue weighted by Gasteiger charge is -2.27. The summed E-state index contributed by atoms with van der Waals surface area (Å²) in [5, 5.41) is 6.13. The maximum Gasteiger partial charge on any atom is 0.256 e. The van der Waals surface area contributed by atoms with E-state index in [9.17, 15) is 9.59 Å². The number of likely N-dealkylation sites (N-methyl/N-ethyl adjacent to an activating group) is 1. The van der Waals surface area contributed by atoms with Gasteiger partial charge in [0.2, 0.25) is 11.8 Å². The van der Waals surface area contributed by atoms with Crippen LogP contribution in [0.25, 0.3) is 0 Å². The molecule has 2 amide bonds. The summed E-state index contributed by atoms with van der Waals surface area (Å²) in [6, 6.07) is 4.10. The molecule has 29 heavy (non-hydrogen) atoms. The highest BCUT2D eigenvalue weighted by molar-refractivity contribution is 5.96. The van der Waals surface area contributed by atoms with Gasteiger partial charge >= 0.3 is 0 Å². The molecular formula is C21H32N4O4. The summed E-state index contributed by atoms with van der Waals surface area (Å²) in [4.78, 5) is 31.3. The van der Waals surface area contributed by atoms with Gasteiger partial charge in [0.1, 0.15) is 5.56 Å². The summed E-state index contributed by atoms with van der Waals surface area (Å²) in [5.74, 6) is 0.278. The number of carbonyl (C=O) groups is 2. The molecule has 0 bridgehead atoms. The predicted molar refractivity (Wildman–Crippen MR) is 109 cm³/mol. The number of aromatic nitrogens is 1. The van der Waals surface area contributed by atoms with Crippen molar-refractivity contribution in [3.63, 3.8) is 0 Å². The minimum atomic E-state index is -0.185. The van der Waals surface area contributed by atoms with Crippen molar-refractivity contribution in [1.29, 1.82) is 0 Å². The van der Waals surface area contributed by atoms with Gasteiger partial charge < -0.3 is 20.1 Å². The number of ether oxygens (including phenoxy) is 2. The molecule has 8 nitrogen and oxygen atoms in total. The second-order valence-electron chi connectivity index (χ2n) is 7.71. The lowest BCUT2D eigenvalue weighted by atomic mass is 10.1. The van der Waals surface area contributed by atoms with Crippen LogP contribution in [0.2, 0.25) is 0 Å². The smallest absolute Gasteiger partial charge is 0.256 e. The van der Waals surface area contributed by atoms with E-state index in [2.05, 4.69) is 20.5 Å². The molecule has 3 heterocycles. The summed E-state index contributed by atoms with van der Waals surface area (Å²) < 4.78 is 10.8. The van der Waals surface area contributed by atoms with Gasteiger partial charge in [-0.2, -0.15) is 0 Å². The third-order valence-corrected chi connectivity index (χ3v) is 5.79. The Morgan fingerprint density at radius 1 is 1.24 bits per heavy atom. The van der Waals surface area contributed by atoms with Gasteiger partial charge in [0.25, 0.3) is 5.91 Å². The zero-order chi connectivity index (χ0) is 20.6. The number of carbonyl (C=O) groups excluding carboxylic acids is 2. The first-order chi connectivity index (χ1) is 14.1. The van der Waals surface area contributed by atoms with Crippen molar-refractivity contribution < 1.29 is 19.1 Å². The molecule has 2 saturated heterocycles. The molecule has 0 saturated carbocycles. The number of likely N-dealkylation sites (tertiary alicyclic amines) is 1. The van der Waals surface area contributed by atoms with Gasteiger partial charge in [-0.25, -0.2) is 4.98 Å². The van der Waals surface area contributed by atoms with E-state index < -0.39 is 0 Å². The Kier molecular flexibility index (Phi) is 7.83. The fourth-order valence-electron chi connectivity index (χ4n) is 4.05. The molecule has 2 aliphatic rings. The van der Waals surface area contributed by atoms with E-state index >= 15 is 0 Å². The zero-order valence-corrected chi connectivity index (χ0v) is 17.4. The number of amides is 2. The van der Waals surface area contributed by atoms with Crippen molar-refractivity contribution in [1.82, 2.24) is 20.5 Å². The average molecular weight is 405 g/mol. The monoisotopic (exact) mass is 404 g/mol. The van der Waals surface area contributed by atoms with Crippen molar-refractivity contribution in [2.24, 2.45) is 0 Å².